The Morgan fingerprint density at radius 3 is 2.16 bits per heavy atom. The summed E-state index contributed by atoms with van der Waals surface area (Å²) in [7, 11) is 0. The molecule has 0 N–H and O–H groups in total. The van der Waals surface area contributed by atoms with Gasteiger partial charge in [0.1, 0.15) is 0 Å². The zero-order valence-corrected chi connectivity index (χ0v) is 15.4. The van der Waals surface area contributed by atoms with Gasteiger partial charge in [0.15, 0.2) is 0 Å². The van der Waals surface area contributed by atoms with E-state index in [4.69, 9.17) is 9.47 Å². The highest BCUT2D eigenvalue weighted by Crippen LogP contribution is 2.33. The number of benzene rings is 1. The van der Waals surface area contributed by atoms with Crippen molar-refractivity contribution in [2.75, 3.05) is 57.5 Å². The third-order valence-electron chi connectivity index (χ3n) is 6.30. The second kappa shape index (κ2) is 8.52. The van der Waals surface area contributed by atoms with Gasteiger partial charge < -0.3 is 14.4 Å². The highest BCUT2D eigenvalue weighted by molar-refractivity contribution is 5.53. The molecular weight excluding hydrogens is 312 g/mol. The van der Waals surface area contributed by atoms with Crippen LogP contribution in [0, 0.1) is 11.8 Å². The van der Waals surface area contributed by atoms with Crippen molar-refractivity contribution < 1.29 is 9.47 Å². The van der Waals surface area contributed by atoms with Crippen LogP contribution in [0.4, 0.5) is 5.69 Å². The third kappa shape index (κ3) is 4.36. The lowest BCUT2D eigenvalue weighted by Crippen LogP contribution is -2.39. The number of nitrogens with zero attached hydrogens (tertiary/aromatic N) is 2. The fraction of sp³-hybridized carbons (Fsp3) is 0.714. The molecular formula is C21H32N2O2. The maximum Gasteiger partial charge on any atom is 0.0642 e. The lowest BCUT2D eigenvalue weighted by atomic mass is 9.80. The van der Waals surface area contributed by atoms with Gasteiger partial charge >= 0.3 is 0 Å². The van der Waals surface area contributed by atoms with E-state index in [1.807, 2.05) is 0 Å². The summed E-state index contributed by atoms with van der Waals surface area (Å²) in [6, 6.07) is 8.96. The topological polar surface area (TPSA) is 24.9 Å². The van der Waals surface area contributed by atoms with Crippen molar-refractivity contribution in [2.24, 2.45) is 11.8 Å². The predicted octanol–water partition coefficient (Wildman–Crippen LogP) is 3.16. The summed E-state index contributed by atoms with van der Waals surface area (Å²) in [5.41, 5.74) is 2.89. The Morgan fingerprint density at radius 1 is 0.760 bits per heavy atom. The monoisotopic (exact) mass is 344 g/mol. The highest BCUT2D eigenvalue weighted by atomic mass is 16.5. The molecule has 3 aliphatic rings. The van der Waals surface area contributed by atoms with E-state index in [0.717, 1.165) is 57.9 Å². The summed E-state index contributed by atoms with van der Waals surface area (Å²) in [6.45, 7) is 9.30. The van der Waals surface area contributed by atoms with E-state index < -0.39 is 0 Å². The lowest BCUT2D eigenvalue weighted by molar-refractivity contribution is 0.0296. The van der Waals surface area contributed by atoms with Gasteiger partial charge in [-0.05, 0) is 62.2 Å². The number of likely N-dealkylation sites (tertiary alicyclic amines) is 1. The molecule has 4 nitrogen and oxygen atoms in total. The van der Waals surface area contributed by atoms with E-state index >= 15 is 0 Å². The Labute approximate surface area is 152 Å². The molecule has 3 fully saturated rings. The van der Waals surface area contributed by atoms with Gasteiger partial charge in [0.25, 0.3) is 0 Å². The molecule has 4 heteroatoms. The van der Waals surface area contributed by atoms with Crippen LogP contribution >= 0.6 is 0 Å². The second-order valence-electron chi connectivity index (χ2n) is 7.79. The number of anilines is 1. The number of hydrogen-bond donors (Lipinski definition) is 0. The van der Waals surface area contributed by atoms with Gasteiger partial charge in [-0.15, -0.1) is 0 Å². The molecule has 0 spiro atoms. The molecule has 138 valence electrons. The Morgan fingerprint density at radius 2 is 1.40 bits per heavy atom. The maximum atomic E-state index is 5.54. The summed E-state index contributed by atoms with van der Waals surface area (Å²) >= 11 is 0. The number of morpholine rings is 1. The first-order valence-corrected chi connectivity index (χ1v) is 10.1. The van der Waals surface area contributed by atoms with E-state index in [0.29, 0.717) is 0 Å². The van der Waals surface area contributed by atoms with Crippen LogP contribution in [0.5, 0.6) is 0 Å². The largest absolute Gasteiger partial charge is 0.381 e. The molecule has 0 aliphatic carbocycles. The van der Waals surface area contributed by atoms with Gasteiger partial charge in [0, 0.05) is 38.5 Å². The molecule has 0 atom stereocenters. The van der Waals surface area contributed by atoms with Crippen molar-refractivity contribution in [3.05, 3.63) is 29.8 Å². The summed E-state index contributed by atoms with van der Waals surface area (Å²) in [5, 5.41) is 0. The van der Waals surface area contributed by atoms with Gasteiger partial charge in [-0.2, -0.15) is 0 Å². The van der Waals surface area contributed by atoms with E-state index in [2.05, 4.69) is 34.1 Å². The van der Waals surface area contributed by atoms with Crippen LogP contribution in [0.1, 0.15) is 31.2 Å². The summed E-state index contributed by atoms with van der Waals surface area (Å²) in [6.07, 6.45) is 5.30. The number of ether oxygens (including phenoxy) is 2. The van der Waals surface area contributed by atoms with Crippen LogP contribution in [0.3, 0.4) is 0 Å². The van der Waals surface area contributed by atoms with Gasteiger partial charge in [-0.25, -0.2) is 0 Å². The van der Waals surface area contributed by atoms with Crippen molar-refractivity contribution in [1.82, 2.24) is 4.90 Å². The molecule has 0 bridgehead atoms. The molecule has 25 heavy (non-hydrogen) atoms. The standard InChI is InChI=1S/C21H32N2O2/c1-2-4-21(23-11-15-25-16-12-23)20(3-1)17-22-9-5-18(6-10-22)19-7-13-24-14-8-19/h1-4,18-19H,5-17H2. The summed E-state index contributed by atoms with van der Waals surface area (Å²) < 4.78 is 11.1. The van der Waals surface area contributed by atoms with E-state index in [1.54, 1.807) is 0 Å². The van der Waals surface area contributed by atoms with E-state index in [-0.39, 0.29) is 0 Å². The SMILES string of the molecule is c1ccc(N2CCOCC2)c(CN2CCC(C3CCOCC3)CC2)c1. The molecule has 4 rings (SSSR count). The summed E-state index contributed by atoms with van der Waals surface area (Å²) in [5.74, 6) is 1.84. The lowest BCUT2D eigenvalue weighted by Gasteiger charge is -2.38. The van der Waals surface area contributed by atoms with E-state index in [1.165, 1.54) is 50.0 Å². The van der Waals surface area contributed by atoms with Crippen LogP contribution in [-0.2, 0) is 16.0 Å². The average molecular weight is 344 g/mol. The minimum atomic E-state index is 0.852. The molecule has 3 aliphatic heterocycles. The summed E-state index contributed by atoms with van der Waals surface area (Å²) in [4.78, 5) is 5.16. The molecule has 3 heterocycles. The second-order valence-corrected chi connectivity index (χ2v) is 7.79. The molecule has 3 saturated heterocycles. The molecule has 1 aromatic rings. The fourth-order valence-electron chi connectivity index (χ4n) is 4.77. The highest BCUT2D eigenvalue weighted by Gasteiger charge is 2.28. The third-order valence-corrected chi connectivity index (χ3v) is 6.30. The minimum absolute atomic E-state index is 0.852. The predicted molar refractivity (Wildman–Crippen MR) is 101 cm³/mol. The number of rotatable bonds is 4. The molecule has 0 unspecified atom stereocenters. The first kappa shape index (κ1) is 17.3. The normalized spacial score (nSPS) is 24.6. The number of piperidine rings is 1. The smallest absolute Gasteiger partial charge is 0.0642 e. The van der Waals surface area contributed by atoms with E-state index in [9.17, 15) is 0 Å². The van der Waals surface area contributed by atoms with Crippen LogP contribution < -0.4 is 4.90 Å². The van der Waals surface area contributed by atoms with Crippen molar-refractivity contribution >= 4 is 5.69 Å². The molecule has 0 aromatic heterocycles. The Kier molecular flexibility index (Phi) is 5.90. The van der Waals surface area contributed by atoms with Crippen LogP contribution in [-0.4, -0.2) is 57.5 Å². The van der Waals surface area contributed by atoms with Crippen molar-refractivity contribution in [3.63, 3.8) is 0 Å². The van der Waals surface area contributed by atoms with Gasteiger partial charge in [0.2, 0.25) is 0 Å². The van der Waals surface area contributed by atoms with Crippen LogP contribution in [0.2, 0.25) is 0 Å². The minimum Gasteiger partial charge on any atom is -0.381 e. The van der Waals surface area contributed by atoms with Crippen molar-refractivity contribution in [2.45, 2.75) is 32.2 Å². The van der Waals surface area contributed by atoms with Gasteiger partial charge in [0.05, 0.1) is 13.2 Å². The van der Waals surface area contributed by atoms with Gasteiger partial charge in [-0.3, -0.25) is 4.90 Å². The van der Waals surface area contributed by atoms with Gasteiger partial charge in [-0.1, -0.05) is 18.2 Å². The van der Waals surface area contributed by atoms with Crippen molar-refractivity contribution in [1.29, 1.82) is 0 Å². The molecule has 0 amide bonds. The Balaban J connectivity index is 1.34. The van der Waals surface area contributed by atoms with Crippen molar-refractivity contribution in [3.8, 4) is 0 Å². The molecule has 0 radical (unpaired) electrons. The Hall–Kier alpha value is -1.10. The maximum absolute atomic E-state index is 5.54. The molecule has 0 saturated carbocycles. The zero-order chi connectivity index (χ0) is 16.9. The zero-order valence-electron chi connectivity index (χ0n) is 15.4. The Bertz CT molecular complexity index is 530. The van der Waals surface area contributed by atoms with Crippen LogP contribution in [0.25, 0.3) is 0 Å². The number of para-hydroxylation sites is 1. The number of hydrogen-bond acceptors (Lipinski definition) is 4. The van der Waals surface area contributed by atoms with Crippen LogP contribution in [0.15, 0.2) is 24.3 Å². The quantitative estimate of drug-likeness (QED) is 0.838. The fourth-order valence-corrected chi connectivity index (χ4v) is 4.77. The average Bonchev–Trinajstić information content (AvgIpc) is 2.70. The molecule has 1 aromatic carbocycles. The first-order valence-electron chi connectivity index (χ1n) is 10.1. The first-order chi connectivity index (χ1) is 12.4.